The Labute approximate surface area is 122 Å². The maximum Gasteiger partial charge on any atom is 0.264 e. The number of hydrogen-bond acceptors (Lipinski definition) is 4. The maximum atomic E-state index is 12.3. The van der Waals surface area contributed by atoms with E-state index in [2.05, 4.69) is 17.2 Å². The van der Waals surface area contributed by atoms with Crippen molar-refractivity contribution in [3.8, 4) is 11.8 Å². The smallest absolute Gasteiger partial charge is 0.264 e. The van der Waals surface area contributed by atoms with Gasteiger partial charge in [0.15, 0.2) is 0 Å². The summed E-state index contributed by atoms with van der Waals surface area (Å²) in [5.41, 5.74) is 0.898. The fraction of sp³-hybridized carbons (Fsp3) is 0.429. The van der Waals surface area contributed by atoms with E-state index in [9.17, 15) is 9.59 Å². The van der Waals surface area contributed by atoms with Crippen LogP contribution in [-0.2, 0) is 4.79 Å². The Hall–Kier alpha value is -1.84. The van der Waals surface area contributed by atoms with Gasteiger partial charge in [0.25, 0.3) is 5.91 Å². The fourth-order valence-electron chi connectivity index (χ4n) is 1.57. The van der Waals surface area contributed by atoms with Crippen LogP contribution in [0.5, 0.6) is 0 Å². The molecule has 0 saturated carbocycles. The second kappa shape index (κ2) is 7.68. The summed E-state index contributed by atoms with van der Waals surface area (Å²) >= 11 is 1.28. The Bertz CT molecular complexity index is 555. The van der Waals surface area contributed by atoms with Crippen LogP contribution in [0.15, 0.2) is 6.07 Å². The molecule has 0 aromatic carbocycles. The lowest BCUT2D eigenvalue weighted by atomic mass is 10.2. The largest absolute Gasteiger partial charge is 0.384 e. The molecule has 0 unspecified atom stereocenters. The summed E-state index contributed by atoms with van der Waals surface area (Å²) in [4.78, 5) is 26.5. The van der Waals surface area contributed by atoms with Crippen molar-refractivity contribution in [1.82, 2.24) is 10.2 Å². The molecule has 0 saturated heterocycles. The first kappa shape index (κ1) is 16.2. The average Bonchev–Trinajstić information content (AvgIpc) is 2.82. The summed E-state index contributed by atoms with van der Waals surface area (Å²) in [5, 5.41) is 11.2. The first-order valence-electron chi connectivity index (χ1n) is 6.23. The van der Waals surface area contributed by atoms with Gasteiger partial charge in [0.1, 0.15) is 6.61 Å². The second-order valence-electron chi connectivity index (χ2n) is 4.08. The number of nitrogens with zero attached hydrogens (tertiary/aromatic N) is 1. The number of likely N-dealkylation sites (N-methyl/N-ethyl adjacent to an activating group) is 2. The van der Waals surface area contributed by atoms with Crippen molar-refractivity contribution in [1.29, 1.82) is 0 Å². The van der Waals surface area contributed by atoms with E-state index in [-0.39, 0.29) is 25.0 Å². The minimum absolute atomic E-state index is 0.0421. The van der Waals surface area contributed by atoms with Gasteiger partial charge in [0, 0.05) is 13.6 Å². The molecule has 0 atom stereocenters. The van der Waals surface area contributed by atoms with E-state index in [1.54, 1.807) is 13.1 Å². The van der Waals surface area contributed by atoms with Gasteiger partial charge >= 0.3 is 0 Å². The molecule has 0 aliphatic rings. The van der Waals surface area contributed by atoms with Gasteiger partial charge in [-0.3, -0.25) is 9.59 Å². The van der Waals surface area contributed by atoms with Crippen molar-refractivity contribution < 1.29 is 14.7 Å². The Morgan fingerprint density at radius 2 is 2.20 bits per heavy atom. The maximum absolute atomic E-state index is 12.3. The Morgan fingerprint density at radius 3 is 2.75 bits per heavy atom. The molecule has 20 heavy (non-hydrogen) atoms. The van der Waals surface area contributed by atoms with Gasteiger partial charge in [-0.25, -0.2) is 0 Å². The van der Waals surface area contributed by atoms with Gasteiger partial charge in [0.05, 0.1) is 16.3 Å². The molecule has 0 aliphatic heterocycles. The van der Waals surface area contributed by atoms with E-state index in [0.717, 1.165) is 10.4 Å². The van der Waals surface area contributed by atoms with Gasteiger partial charge in [-0.15, -0.1) is 11.3 Å². The number of thiophene rings is 1. The SMILES string of the molecule is CCN(CC(=O)NC)C(=O)c1cc(C)c(C#CCO)s1. The van der Waals surface area contributed by atoms with Gasteiger partial charge in [-0.1, -0.05) is 11.8 Å². The minimum atomic E-state index is -0.210. The molecule has 0 spiro atoms. The quantitative estimate of drug-likeness (QED) is 0.799. The van der Waals surface area contributed by atoms with Crippen LogP contribution >= 0.6 is 11.3 Å². The van der Waals surface area contributed by atoms with Crippen molar-refractivity contribution in [2.75, 3.05) is 26.7 Å². The zero-order chi connectivity index (χ0) is 15.1. The molecule has 1 aromatic heterocycles. The number of carbonyl (C=O) groups excluding carboxylic acids is 2. The highest BCUT2D eigenvalue weighted by molar-refractivity contribution is 7.14. The van der Waals surface area contributed by atoms with Crippen LogP contribution in [0.2, 0.25) is 0 Å². The molecular weight excluding hydrogens is 276 g/mol. The van der Waals surface area contributed by atoms with Gasteiger partial charge in [-0.05, 0) is 25.5 Å². The molecule has 0 fully saturated rings. The predicted molar refractivity (Wildman–Crippen MR) is 78.7 cm³/mol. The second-order valence-corrected chi connectivity index (χ2v) is 5.13. The summed E-state index contributed by atoms with van der Waals surface area (Å²) in [6, 6.07) is 1.76. The van der Waals surface area contributed by atoms with Crippen LogP contribution in [-0.4, -0.2) is 48.6 Å². The predicted octanol–water partition coefficient (Wildman–Crippen LogP) is 0.608. The standard InChI is InChI=1S/C14H18N2O3S/c1-4-16(9-13(18)15-3)14(19)12-8-10(2)11(20-12)6-5-7-17/h8,17H,4,7,9H2,1-3H3,(H,15,18). The van der Waals surface area contributed by atoms with E-state index < -0.39 is 0 Å². The van der Waals surface area contributed by atoms with E-state index in [0.29, 0.717) is 11.4 Å². The van der Waals surface area contributed by atoms with Gasteiger partial charge < -0.3 is 15.3 Å². The third-order valence-corrected chi connectivity index (χ3v) is 3.83. The van der Waals surface area contributed by atoms with E-state index >= 15 is 0 Å². The number of nitrogens with one attached hydrogen (secondary N) is 1. The number of carbonyl (C=O) groups is 2. The number of amides is 2. The van der Waals surface area contributed by atoms with E-state index in [1.807, 2.05) is 13.8 Å². The van der Waals surface area contributed by atoms with E-state index in [4.69, 9.17) is 5.11 Å². The molecule has 0 aliphatic carbocycles. The Balaban J connectivity index is 2.93. The summed E-state index contributed by atoms with van der Waals surface area (Å²) in [5.74, 6) is 5.00. The van der Waals surface area contributed by atoms with E-state index in [1.165, 1.54) is 16.2 Å². The van der Waals surface area contributed by atoms with Crippen LogP contribution in [0.1, 0.15) is 27.0 Å². The molecule has 2 amide bonds. The molecule has 0 bridgehead atoms. The Kier molecular flexibility index (Phi) is 6.22. The van der Waals surface area contributed by atoms with Crippen molar-refractivity contribution in [2.24, 2.45) is 0 Å². The van der Waals surface area contributed by atoms with Crippen LogP contribution in [0.25, 0.3) is 0 Å². The number of aryl methyl sites for hydroxylation is 1. The van der Waals surface area contributed by atoms with Gasteiger partial charge in [0.2, 0.25) is 5.91 Å². The molecule has 5 nitrogen and oxygen atoms in total. The lowest BCUT2D eigenvalue weighted by molar-refractivity contribution is -0.121. The lowest BCUT2D eigenvalue weighted by Gasteiger charge is -2.18. The zero-order valence-corrected chi connectivity index (χ0v) is 12.6. The number of aliphatic hydroxyl groups is 1. The highest BCUT2D eigenvalue weighted by Gasteiger charge is 2.19. The van der Waals surface area contributed by atoms with Crippen molar-refractivity contribution in [3.05, 3.63) is 21.4 Å². The number of aliphatic hydroxyl groups excluding tert-OH is 1. The molecule has 0 radical (unpaired) electrons. The normalized spacial score (nSPS) is 9.60. The third-order valence-electron chi connectivity index (χ3n) is 2.69. The molecule has 108 valence electrons. The number of hydrogen-bond donors (Lipinski definition) is 2. The van der Waals surface area contributed by atoms with Crippen molar-refractivity contribution >= 4 is 23.2 Å². The van der Waals surface area contributed by atoms with Crippen molar-refractivity contribution in [3.63, 3.8) is 0 Å². The highest BCUT2D eigenvalue weighted by Crippen LogP contribution is 2.22. The molecule has 1 rings (SSSR count). The van der Waals surface area contributed by atoms with Gasteiger partial charge in [-0.2, -0.15) is 0 Å². The summed E-state index contributed by atoms with van der Waals surface area (Å²) in [6.45, 7) is 3.98. The van der Waals surface area contributed by atoms with Crippen LogP contribution in [0.3, 0.4) is 0 Å². The monoisotopic (exact) mass is 294 g/mol. The first-order valence-corrected chi connectivity index (χ1v) is 7.05. The molecule has 6 heteroatoms. The average molecular weight is 294 g/mol. The lowest BCUT2D eigenvalue weighted by Crippen LogP contribution is -2.39. The van der Waals surface area contributed by atoms with Crippen LogP contribution < -0.4 is 5.32 Å². The Morgan fingerprint density at radius 1 is 1.50 bits per heavy atom. The topological polar surface area (TPSA) is 69.6 Å². The molecule has 1 aromatic rings. The summed E-state index contributed by atoms with van der Waals surface area (Å²) < 4.78 is 0. The van der Waals surface area contributed by atoms with Crippen LogP contribution in [0.4, 0.5) is 0 Å². The summed E-state index contributed by atoms with van der Waals surface area (Å²) in [7, 11) is 1.54. The highest BCUT2D eigenvalue weighted by atomic mass is 32.1. The first-order chi connectivity index (χ1) is 9.53. The third kappa shape index (κ3) is 4.08. The number of rotatable bonds is 4. The molecular formula is C14H18N2O3S. The zero-order valence-electron chi connectivity index (χ0n) is 11.8. The van der Waals surface area contributed by atoms with Crippen molar-refractivity contribution in [2.45, 2.75) is 13.8 Å². The van der Waals surface area contributed by atoms with Crippen LogP contribution in [0, 0.1) is 18.8 Å². The minimum Gasteiger partial charge on any atom is -0.384 e. The fourth-order valence-corrected chi connectivity index (χ4v) is 2.58. The molecule has 1 heterocycles. The summed E-state index contributed by atoms with van der Waals surface area (Å²) in [6.07, 6.45) is 0. The molecule has 2 N–H and O–H groups in total.